The number of para-hydroxylation sites is 2. The van der Waals surface area contributed by atoms with Crippen LogP contribution in [-0.4, -0.2) is 33.2 Å². The summed E-state index contributed by atoms with van der Waals surface area (Å²) in [6.45, 7) is 0. The second kappa shape index (κ2) is 19.5. The molecule has 15 aromatic carbocycles. The third kappa shape index (κ3) is 7.30. The van der Waals surface area contributed by atoms with Crippen LogP contribution in [0.2, 0.25) is 0 Å². The highest BCUT2D eigenvalue weighted by atomic mass is 15.1. The first-order chi connectivity index (χ1) is 45.7. The minimum absolute atomic E-state index is 0.557. The van der Waals surface area contributed by atoms with Gasteiger partial charge in [-0.15, -0.1) is 0 Å². The number of hydrogen-bond acceptors (Lipinski definition) is 3. The van der Waals surface area contributed by atoms with E-state index in [4.69, 9.17) is 15.0 Å². The van der Waals surface area contributed by atoms with E-state index in [9.17, 15) is 0 Å². The molecular formula is C85H51N7. The van der Waals surface area contributed by atoms with E-state index in [0.717, 1.165) is 116 Å². The van der Waals surface area contributed by atoms with Crippen LogP contribution in [0.4, 0.5) is 0 Å². The molecular weight excluding hydrogens is 1120 g/mol. The summed E-state index contributed by atoms with van der Waals surface area (Å²) in [5, 5.41) is 18.7. The highest BCUT2D eigenvalue weighted by Crippen LogP contribution is 2.49. The first-order valence-electron chi connectivity index (χ1n) is 31.4. The molecule has 0 radical (unpaired) electrons. The van der Waals surface area contributed by atoms with Crippen LogP contribution in [-0.2, 0) is 0 Å². The summed E-state index contributed by atoms with van der Waals surface area (Å²) in [5.41, 5.74) is 15.7. The summed E-state index contributed by atoms with van der Waals surface area (Å²) in [4.78, 5) is 16.4. The Bertz CT molecular complexity index is 6090. The highest BCUT2D eigenvalue weighted by molar-refractivity contribution is 6.31. The zero-order chi connectivity index (χ0) is 60.1. The van der Waals surface area contributed by atoms with Gasteiger partial charge in [0.1, 0.15) is 0 Å². The maximum atomic E-state index is 5.57. The summed E-state index contributed by atoms with van der Waals surface area (Å²) < 4.78 is 10.2. The number of nitrogens with zero attached hydrogens (tertiary/aromatic N) is 7. The zero-order valence-corrected chi connectivity index (χ0v) is 49.6. The Morgan fingerprint density at radius 3 is 0.717 bits per heavy atom. The van der Waals surface area contributed by atoms with Crippen molar-refractivity contribution in [2.24, 2.45) is 0 Å². The topological polar surface area (TPSA) is 58.4 Å². The Labute approximate surface area is 526 Å². The molecule has 20 aromatic rings. The Balaban J connectivity index is 1.02. The van der Waals surface area contributed by atoms with Gasteiger partial charge in [-0.3, -0.25) is 0 Å². The van der Waals surface area contributed by atoms with Crippen LogP contribution in [0.3, 0.4) is 0 Å². The molecule has 0 N–H and O–H groups in total. The first kappa shape index (κ1) is 50.5. The third-order valence-electron chi connectivity index (χ3n) is 19.3. The molecule has 0 saturated heterocycles. The monoisotopic (exact) mass is 1170 g/mol. The summed E-state index contributed by atoms with van der Waals surface area (Å²) in [6, 6.07) is 113. The molecule has 92 heavy (non-hydrogen) atoms. The van der Waals surface area contributed by atoms with Crippen LogP contribution in [0, 0.1) is 0 Å². The van der Waals surface area contributed by atoms with E-state index in [1.165, 1.54) is 54.1 Å². The van der Waals surface area contributed by atoms with Crippen molar-refractivity contribution in [2.45, 2.75) is 0 Å². The molecule has 0 aliphatic heterocycles. The predicted octanol–water partition coefficient (Wildman–Crippen LogP) is 21.9. The number of benzene rings is 15. The fourth-order valence-electron chi connectivity index (χ4n) is 15.3. The molecule has 426 valence electrons. The van der Waals surface area contributed by atoms with E-state index >= 15 is 0 Å². The van der Waals surface area contributed by atoms with Gasteiger partial charge >= 0.3 is 0 Å². The minimum atomic E-state index is 0.557. The summed E-state index contributed by atoms with van der Waals surface area (Å²) >= 11 is 0. The van der Waals surface area contributed by atoms with E-state index in [0.29, 0.717) is 17.5 Å². The Morgan fingerprint density at radius 1 is 0.163 bits per heavy atom. The molecule has 0 aliphatic carbocycles. The van der Waals surface area contributed by atoms with Gasteiger partial charge in [-0.25, -0.2) is 15.0 Å². The van der Waals surface area contributed by atoms with E-state index in [1.807, 2.05) is 12.1 Å². The second-order valence-electron chi connectivity index (χ2n) is 24.2. The van der Waals surface area contributed by atoms with Crippen molar-refractivity contribution < 1.29 is 0 Å². The molecule has 5 heterocycles. The van der Waals surface area contributed by atoms with E-state index in [2.05, 4.69) is 316 Å². The maximum Gasteiger partial charge on any atom is 0.164 e. The standard InChI is InChI=1S/C85H51N7/c1-5-25-56(26-6-1)83-86-84(57-27-7-2-8-28-57)88-85(87-83)58-49-61(91-77-65-35-19-15-23-54(65)39-43-69(77)73-47-45-71-67-41-37-52-21-13-17-33-63(52)75(67)89(79(71)81(73)91)59-29-9-3-10-30-59)51-62(50-58)92-78-66-36-20-16-24-55(66)40-44-70(78)74-48-46-72-68-42-38-53-22-14-18-34-64(53)76(68)90(80(72)82(74)92)60-31-11-4-12-32-60/h1-51H. The maximum absolute atomic E-state index is 5.57. The van der Waals surface area contributed by atoms with Crippen LogP contribution < -0.4 is 0 Å². The molecule has 0 unspecified atom stereocenters. The van der Waals surface area contributed by atoms with Crippen LogP contribution in [0.25, 0.3) is 187 Å². The summed E-state index contributed by atoms with van der Waals surface area (Å²) in [7, 11) is 0. The van der Waals surface area contributed by atoms with Crippen LogP contribution in [0.1, 0.15) is 0 Å². The molecule has 0 aliphatic rings. The van der Waals surface area contributed by atoms with Crippen molar-refractivity contribution in [3.05, 3.63) is 309 Å². The van der Waals surface area contributed by atoms with Gasteiger partial charge in [-0.05, 0) is 64.0 Å². The van der Waals surface area contributed by atoms with Gasteiger partial charge in [0.05, 0.1) is 44.1 Å². The molecule has 0 fully saturated rings. The van der Waals surface area contributed by atoms with Gasteiger partial charge in [0.25, 0.3) is 0 Å². The molecule has 7 heteroatoms. The van der Waals surface area contributed by atoms with E-state index in [-0.39, 0.29) is 0 Å². The van der Waals surface area contributed by atoms with Crippen molar-refractivity contribution in [1.82, 2.24) is 33.2 Å². The lowest BCUT2D eigenvalue weighted by atomic mass is 10.0. The van der Waals surface area contributed by atoms with Gasteiger partial charge in [-0.2, -0.15) is 0 Å². The molecule has 0 spiro atoms. The molecule has 0 saturated carbocycles. The average molecular weight is 1170 g/mol. The lowest BCUT2D eigenvalue weighted by molar-refractivity contribution is 1.07. The van der Waals surface area contributed by atoms with Crippen molar-refractivity contribution in [1.29, 1.82) is 0 Å². The van der Waals surface area contributed by atoms with E-state index < -0.39 is 0 Å². The van der Waals surface area contributed by atoms with E-state index in [1.54, 1.807) is 0 Å². The molecule has 0 amide bonds. The van der Waals surface area contributed by atoms with Gasteiger partial charge in [0.15, 0.2) is 17.5 Å². The van der Waals surface area contributed by atoms with Crippen molar-refractivity contribution in [3.8, 4) is 56.9 Å². The van der Waals surface area contributed by atoms with Crippen molar-refractivity contribution >= 4 is 130 Å². The largest absolute Gasteiger partial charge is 0.307 e. The Kier molecular flexibility index (Phi) is 10.7. The van der Waals surface area contributed by atoms with Crippen LogP contribution in [0.5, 0.6) is 0 Å². The Hall–Kier alpha value is -12.5. The molecule has 0 atom stereocenters. The fourth-order valence-corrected chi connectivity index (χ4v) is 15.3. The fraction of sp³-hybridized carbons (Fsp3) is 0. The van der Waals surface area contributed by atoms with Crippen molar-refractivity contribution in [2.75, 3.05) is 0 Å². The van der Waals surface area contributed by atoms with Gasteiger partial charge < -0.3 is 18.3 Å². The second-order valence-corrected chi connectivity index (χ2v) is 24.2. The number of aromatic nitrogens is 7. The summed E-state index contributed by atoms with van der Waals surface area (Å²) in [5.74, 6) is 1.74. The predicted molar refractivity (Wildman–Crippen MR) is 384 cm³/mol. The Morgan fingerprint density at radius 2 is 0.402 bits per heavy atom. The molecule has 5 aromatic heterocycles. The lowest BCUT2D eigenvalue weighted by Gasteiger charge is -2.18. The van der Waals surface area contributed by atoms with Gasteiger partial charge in [0.2, 0.25) is 0 Å². The van der Waals surface area contributed by atoms with Crippen LogP contribution in [0.15, 0.2) is 309 Å². The molecule has 20 rings (SSSR count). The summed E-state index contributed by atoms with van der Waals surface area (Å²) in [6.07, 6.45) is 0. The molecule has 7 nitrogen and oxygen atoms in total. The quantitative estimate of drug-likeness (QED) is 0.160. The lowest BCUT2D eigenvalue weighted by Crippen LogP contribution is -2.05. The SMILES string of the molecule is c1ccc(-c2nc(-c3ccccc3)nc(-c3cc(-n4c5c6ccccc6ccc5c5ccc6c7ccc8ccccc8c7n(-c7ccccc7)c6c54)cc(-n4c5c6ccccc6ccc5c5ccc6c7ccc8ccccc8c7n(-c7ccccc7)c6c54)c3)n2)cc1. The molecule has 0 bridgehead atoms. The third-order valence-corrected chi connectivity index (χ3v) is 19.3. The smallest absolute Gasteiger partial charge is 0.164 e. The number of rotatable bonds is 7. The van der Waals surface area contributed by atoms with Gasteiger partial charge in [0, 0.05) is 104 Å². The van der Waals surface area contributed by atoms with Gasteiger partial charge in [-0.1, -0.05) is 267 Å². The number of hydrogen-bond donors (Lipinski definition) is 0. The van der Waals surface area contributed by atoms with Crippen molar-refractivity contribution in [3.63, 3.8) is 0 Å². The normalized spacial score (nSPS) is 12.1. The minimum Gasteiger partial charge on any atom is -0.307 e. The number of fused-ring (bicyclic) bond motifs is 22. The average Bonchev–Trinajstić information content (AvgIpc) is 1.54. The van der Waals surface area contributed by atoms with Crippen LogP contribution >= 0.6 is 0 Å². The zero-order valence-electron chi connectivity index (χ0n) is 49.6. The first-order valence-corrected chi connectivity index (χ1v) is 31.4. The highest BCUT2D eigenvalue weighted by Gasteiger charge is 2.28.